The highest BCUT2D eigenvalue weighted by atomic mass is 19.1. The fourth-order valence-electron chi connectivity index (χ4n) is 1.99. The molecule has 0 fully saturated rings. The van der Waals surface area contributed by atoms with Crippen molar-refractivity contribution in [2.45, 2.75) is 20.8 Å². The van der Waals surface area contributed by atoms with Crippen LogP contribution in [0, 0.1) is 26.6 Å². The lowest BCUT2D eigenvalue weighted by molar-refractivity contribution is 0.639. The summed E-state index contributed by atoms with van der Waals surface area (Å²) in [6, 6.07) is 3.26. The minimum Gasteiger partial charge on any atom is -0.387 e. The fraction of sp³-hybridized carbons (Fsp3) is 0.308. The Hall–Kier alpha value is -1.64. The number of hydrogen-bond acceptors (Lipinski definition) is 2. The quantitative estimate of drug-likeness (QED) is 0.794. The first kappa shape index (κ1) is 10.9. The summed E-state index contributed by atoms with van der Waals surface area (Å²) in [7, 11) is 1.81. The molecule has 84 valence electrons. The van der Waals surface area contributed by atoms with Gasteiger partial charge in [0.05, 0.1) is 16.6 Å². The Labute approximate surface area is 94.5 Å². The van der Waals surface area contributed by atoms with Crippen LogP contribution in [0.15, 0.2) is 12.1 Å². The number of benzene rings is 1. The normalized spacial score (nSPS) is 10.8. The molecule has 1 aromatic heterocycles. The Morgan fingerprint density at radius 2 is 1.88 bits per heavy atom. The summed E-state index contributed by atoms with van der Waals surface area (Å²) in [5, 5.41) is 3.66. The highest BCUT2D eigenvalue weighted by Crippen LogP contribution is 2.31. The van der Waals surface area contributed by atoms with Crippen LogP contribution in [0.3, 0.4) is 0 Å². The second kappa shape index (κ2) is 3.74. The molecule has 0 amide bonds. The minimum atomic E-state index is -0.222. The van der Waals surface area contributed by atoms with Gasteiger partial charge in [-0.05, 0) is 38.0 Å². The number of nitrogens with zero attached hydrogens (tertiary/aromatic N) is 1. The van der Waals surface area contributed by atoms with Gasteiger partial charge in [0.2, 0.25) is 0 Å². The number of aromatic nitrogens is 1. The van der Waals surface area contributed by atoms with E-state index < -0.39 is 0 Å². The number of halogens is 1. The van der Waals surface area contributed by atoms with Crippen molar-refractivity contribution in [1.29, 1.82) is 0 Å². The van der Waals surface area contributed by atoms with Crippen LogP contribution in [0.5, 0.6) is 0 Å². The van der Waals surface area contributed by atoms with Crippen molar-refractivity contribution in [3.05, 3.63) is 34.8 Å². The van der Waals surface area contributed by atoms with Gasteiger partial charge in [-0.15, -0.1) is 0 Å². The van der Waals surface area contributed by atoms with Crippen molar-refractivity contribution >= 4 is 16.6 Å². The van der Waals surface area contributed by atoms with E-state index in [1.54, 1.807) is 6.07 Å². The summed E-state index contributed by atoms with van der Waals surface area (Å²) in [5.41, 5.74) is 4.51. The van der Waals surface area contributed by atoms with E-state index in [4.69, 9.17) is 0 Å². The standard InChI is InChI=1S/C13H15FN2/c1-7-5-6-10(14)11-12(7)16-9(3)8(2)13(11)15-4/h5-6H,1-4H3,(H,15,16). The summed E-state index contributed by atoms with van der Waals surface area (Å²) in [4.78, 5) is 4.46. The molecule has 16 heavy (non-hydrogen) atoms. The van der Waals surface area contributed by atoms with Crippen molar-refractivity contribution in [3.8, 4) is 0 Å². The Bertz CT molecular complexity index is 562. The van der Waals surface area contributed by atoms with Gasteiger partial charge in [-0.1, -0.05) is 6.07 Å². The van der Waals surface area contributed by atoms with E-state index in [9.17, 15) is 4.39 Å². The van der Waals surface area contributed by atoms with Crippen molar-refractivity contribution in [2.24, 2.45) is 0 Å². The molecule has 0 bridgehead atoms. The lowest BCUT2D eigenvalue weighted by Gasteiger charge is -2.13. The molecule has 0 saturated carbocycles. The Morgan fingerprint density at radius 1 is 1.19 bits per heavy atom. The Morgan fingerprint density at radius 3 is 2.50 bits per heavy atom. The maximum absolute atomic E-state index is 13.8. The molecule has 2 aromatic rings. The number of pyridine rings is 1. The molecule has 0 aliphatic rings. The van der Waals surface area contributed by atoms with E-state index in [0.29, 0.717) is 5.39 Å². The molecular weight excluding hydrogens is 203 g/mol. The average Bonchev–Trinajstić information content (AvgIpc) is 2.26. The first-order valence-electron chi connectivity index (χ1n) is 5.30. The van der Waals surface area contributed by atoms with Gasteiger partial charge in [0.25, 0.3) is 0 Å². The molecule has 2 nitrogen and oxygen atoms in total. The zero-order valence-electron chi connectivity index (χ0n) is 9.98. The lowest BCUT2D eigenvalue weighted by Crippen LogP contribution is -2.01. The molecule has 0 saturated heterocycles. The first-order valence-corrected chi connectivity index (χ1v) is 5.30. The highest BCUT2D eigenvalue weighted by molar-refractivity contribution is 5.95. The van der Waals surface area contributed by atoms with E-state index >= 15 is 0 Å². The van der Waals surface area contributed by atoms with E-state index in [2.05, 4.69) is 10.3 Å². The second-order valence-corrected chi connectivity index (χ2v) is 4.04. The van der Waals surface area contributed by atoms with Gasteiger partial charge in [0.15, 0.2) is 0 Å². The van der Waals surface area contributed by atoms with Gasteiger partial charge >= 0.3 is 0 Å². The zero-order valence-corrected chi connectivity index (χ0v) is 9.98. The minimum absolute atomic E-state index is 0.222. The molecular formula is C13H15FN2. The smallest absolute Gasteiger partial charge is 0.134 e. The number of aryl methyl sites for hydroxylation is 2. The van der Waals surface area contributed by atoms with Crippen molar-refractivity contribution in [2.75, 3.05) is 12.4 Å². The van der Waals surface area contributed by atoms with Crippen molar-refractivity contribution < 1.29 is 4.39 Å². The topological polar surface area (TPSA) is 24.9 Å². The van der Waals surface area contributed by atoms with Crippen molar-refractivity contribution in [3.63, 3.8) is 0 Å². The van der Waals surface area contributed by atoms with Crippen LogP contribution in [0.2, 0.25) is 0 Å². The molecule has 0 radical (unpaired) electrons. The predicted octanol–water partition coefficient (Wildman–Crippen LogP) is 3.34. The monoisotopic (exact) mass is 218 g/mol. The number of hydrogen-bond donors (Lipinski definition) is 1. The maximum Gasteiger partial charge on any atom is 0.134 e. The predicted molar refractivity (Wildman–Crippen MR) is 65.5 cm³/mol. The summed E-state index contributed by atoms with van der Waals surface area (Å²) in [6.45, 7) is 5.85. The molecule has 0 aliphatic carbocycles. The van der Waals surface area contributed by atoms with Gasteiger partial charge in [-0.25, -0.2) is 4.39 Å². The Kier molecular flexibility index (Phi) is 2.54. The third kappa shape index (κ3) is 1.43. The van der Waals surface area contributed by atoms with Crippen LogP contribution in [-0.2, 0) is 0 Å². The van der Waals surface area contributed by atoms with Gasteiger partial charge in [0, 0.05) is 12.7 Å². The summed E-state index contributed by atoms with van der Waals surface area (Å²) in [5.74, 6) is -0.222. The number of rotatable bonds is 1. The maximum atomic E-state index is 13.8. The first-order chi connectivity index (χ1) is 7.56. The zero-order chi connectivity index (χ0) is 11.9. The summed E-state index contributed by atoms with van der Waals surface area (Å²) in [6.07, 6.45) is 0. The van der Waals surface area contributed by atoms with E-state index in [-0.39, 0.29) is 5.82 Å². The van der Waals surface area contributed by atoms with E-state index in [1.165, 1.54) is 6.07 Å². The largest absolute Gasteiger partial charge is 0.387 e. The molecule has 0 spiro atoms. The Balaban J connectivity index is 3.02. The van der Waals surface area contributed by atoms with Gasteiger partial charge in [0.1, 0.15) is 5.82 Å². The highest BCUT2D eigenvalue weighted by Gasteiger charge is 2.13. The summed E-state index contributed by atoms with van der Waals surface area (Å²) < 4.78 is 13.8. The van der Waals surface area contributed by atoms with Crippen LogP contribution in [0.1, 0.15) is 16.8 Å². The molecule has 1 N–H and O–H groups in total. The molecule has 2 rings (SSSR count). The van der Waals surface area contributed by atoms with Crippen LogP contribution in [0.25, 0.3) is 10.9 Å². The van der Waals surface area contributed by atoms with Gasteiger partial charge < -0.3 is 5.32 Å². The van der Waals surface area contributed by atoms with Crippen LogP contribution < -0.4 is 5.32 Å². The van der Waals surface area contributed by atoms with Gasteiger partial charge in [-0.3, -0.25) is 4.98 Å². The third-order valence-electron chi connectivity index (χ3n) is 3.03. The third-order valence-corrected chi connectivity index (χ3v) is 3.03. The van der Waals surface area contributed by atoms with E-state index in [1.807, 2.05) is 27.8 Å². The fourth-order valence-corrected chi connectivity index (χ4v) is 1.99. The summed E-state index contributed by atoms with van der Waals surface area (Å²) >= 11 is 0. The van der Waals surface area contributed by atoms with Crippen molar-refractivity contribution in [1.82, 2.24) is 4.98 Å². The number of fused-ring (bicyclic) bond motifs is 1. The number of anilines is 1. The number of nitrogens with one attached hydrogen (secondary N) is 1. The second-order valence-electron chi connectivity index (χ2n) is 4.04. The molecule has 0 atom stereocenters. The van der Waals surface area contributed by atoms with Gasteiger partial charge in [-0.2, -0.15) is 0 Å². The SMILES string of the molecule is CNc1c(C)c(C)nc2c(C)ccc(F)c12. The molecule has 3 heteroatoms. The average molecular weight is 218 g/mol. The molecule has 1 heterocycles. The lowest BCUT2D eigenvalue weighted by atomic mass is 10.0. The van der Waals surface area contributed by atoms with Crippen LogP contribution in [0.4, 0.5) is 10.1 Å². The van der Waals surface area contributed by atoms with Crippen LogP contribution >= 0.6 is 0 Å². The molecule has 0 aliphatic heterocycles. The molecule has 1 aromatic carbocycles. The van der Waals surface area contributed by atoms with Crippen LogP contribution in [-0.4, -0.2) is 12.0 Å². The molecule has 0 unspecified atom stereocenters. The van der Waals surface area contributed by atoms with E-state index in [0.717, 1.165) is 28.0 Å².